The molecule has 1 aromatic carbocycles. The number of aromatic nitrogens is 1. The molecule has 0 aliphatic rings. The maximum atomic E-state index is 13.5. The molecule has 94 valence electrons. The molecule has 1 heterocycles. The molecule has 1 aromatic heterocycles. The molecule has 0 radical (unpaired) electrons. The molecular weight excluding hydrogens is 244 g/mol. The number of aryl methyl sites for hydroxylation is 1. The van der Waals surface area contributed by atoms with Crippen LogP contribution < -0.4 is 11.1 Å². The van der Waals surface area contributed by atoms with Crippen molar-refractivity contribution in [1.82, 2.24) is 4.98 Å². The van der Waals surface area contributed by atoms with Gasteiger partial charge in [-0.15, -0.1) is 0 Å². The van der Waals surface area contributed by atoms with E-state index in [0.29, 0.717) is 5.69 Å². The Bertz CT molecular complexity index is 610. The van der Waals surface area contributed by atoms with Crippen LogP contribution in [0.4, 0.5) is 20.5 Å². The number of nitrogens with two attached hydrogens (primary N) is 1. The fraction of sp³-hybridized carbons (Fsp3) is 0.0909. The molecule has 0 aliphatic heterocycles. The molecule has 0 saturated carbocycles. The molecule has 7 heteroatoms. The second-order valence-corrected chi connectivity index (χ2v) is 3.57. The summed E-state index contributed by atoms with van der Waals surface area (Å²) in [6.45, 7) is 1.64. The maximum absolute atomic E-state index is 13.5. The molecule has 5 nitrogen and oxygen atoms in total. The Morgan fingerprint density at radius 1 is 1.44 bits per heavy atom. The van der Waals surface area contributed by atoms with Crippen LogP contribution in [0.15, 0.2) is 22.8 Å². The standard InChI is InChI=1S/C11H9F2N3O2/c1-5-4-18-11(15-5)16-10(17)8-6(12)2-3-7(14)9(8)13/h2-4H,14H2,1H3,(H,15,16,17). The lowest BCUT2D eigenvalue weighted by Crippen LogP contribution is -2.17. The Kier molecular flexibility index (Phi) is 2.97. The van der Waals surface area contributed by atoms with Crippen LogP contribution in [0.25, 0.3) is 0 Å². The molecule has 0 bridgehead atoms. The average Bonchev–Trinajstić information content (AvgIpc) is 2.70. The first-order chi connectivity index (χ1) is 8.49. The molecule has 0 aliphatic carbocycles. The number of nitrogens with one attached hydrogen (secondary N) is 1. The van der Waals surface area contributed by atoms with E-state index in [-0.39, 0.29) is 11.7 Å². The second-order valence-electron chi connectivity index (χ2n) is 3.57. The largest absolute Gasteiger partial charge is 0.432 e. The van der Waals surface area contributed by atoms with Gasteiger partial charge in [0.1, 0.15) is 17.6 Å². The minimum Gasteiger partial charge on any atom is -0.432 e. The van der Waals surface area contributed by atoms with Crippen LogP contribution in [-0.4, -0.2) is 10.9 Å². The minimum atomic E-state index is -1.12. The molecule has 3 N–H and O–H groups in total. The van der Waals surface area contributed by atoms with E-state index in [1.54, 1.807) is 6.92 Å². The molecule has 2 rings (SSSR count). The van der Waals surface area contributed by atoms with Gasteiger partial charge in [-0.3, -0.25) is 10.1 Å². The van der Waals surface area contributed by atoms with Crippen molar-refractivity contribution >= 4 is 17.6 Å². The van der Waals surface area contributed by atoms with Gasteiger partial charge in [-0.25, -0.2) is 8.78 Å². The van der Waals surface area contributed by atoms with E-state index in [1.807, 2.05) is 0 Å². The molecular formula is C11H9F2N3O2. The maximum Gasteiger partial charge on any atom is 0.301 e. The molecule has 0 atom stereocenters. The highest BCUT2D eigenvalue weighted by atomic mass is 19.1. The number of nitrogen functional groups attached to an aromatic ring is 1. The Balaban J connectivity index is 2.32. The Morgan fingerprint density at radius 2 is 2.17 bits per heavy atom. The molecule has 1 amide bonds. The van der Waals surface area contributed by atoms with E-state index in [9.17, 15) is 13.6 Å². The lowest BCUT2D eigenvalue weighted by molar-refractivity contribution is 0.101. The molecule has 0 fully saturated rings. The molecule has 2 aromatic rings. The zero-order valence-corrected chi connectivity index (χ0v) is 9.33. The topological polar surface area (TPSA) is 81.2 Å². The highest BCUT2D eigenvalue weighted by Gasteiger charge is 2.20. The number of oxazole rings is 1. The number of carbonyl (C=O) groups excluding carboxylic acids is 1. The van der Waals surface area contributed by atoms with Gasteiger partial charge < -0.3 is 10.2 Å². The predicted molar refractivity (Wildman–Crippen MR) is 60.0 cm³/mol. The minimum absolute atomic E-state index is 0.140. The first kappa shape index (κ1) is 12.0. The van der Waals surface area contributed by atoms with E-state index in [2.05, 4.69) is 10.3 Å². The van der Waals surface area contributed by atoms with Crippen molar-refractivity contribution in [1.29, 1.82) is 0 Å². The fourth-order valence-electron chi connectivity index (χ4n) is 1.35. The van der Waals surface area contributed by atoms with Crippen molar-refractivity contribution in [2.24, 2.45) is 0 Å². The number of benzene rings is 1. The third-order valence-electron chi connectivity index (χ3n) is 2.19. The highest BCUT2D eigenvalue weighted by molar-refractivity contribution is 6.04. The Hall–Kier alpha value is -2.44. The Labute approximate surface area is 101 Å². The van der Waals surface area contributed by atoms with E-state index in [1.165, 1.54) is 6.26 Å². The summed E-state index contributed by atoms with van der Waals surface area (Å²) in [6.07, 6.45) is 1.29. The number of amides is 1. The zero-order chi connectivity index (χ0) is 13.3. The average molecular weight is 253 g/mol. The van der Waals surface area contributed by atoms with Crippen molar-refractivity contribution in [2.45, 2.75) is 6.92 Å². The van der Waals surface area contributed by atoms with E-state index in [4.69, 9.17) is 10.2 Å². The second kappa shape index (κ2) is 4.44. The van der Waals surface area contributed by atoms with Crippen molar-refractivity contribution in [3.8, 4) is 0 Å². The van der Waals surface area contributed by atoms with Gasteiger partial charge in [0.05, 0.1) is 11.4 Å². The van der Waals surface area contributed by atoms with Crippen LogP contribution in [0.2, 0.25) is 0 Å². The van der Waals surface area contributed by atoms with Crippen molar-refractivity contribution in [2.75, 3.05) is 11.1 Å². The zero-order valence-electron chi connectivity index (χ0n) is 9.33. The van der Waals surface area contributed by atoms with E-state index in [0.717, 1.165) is 12.1 Å². The van der Waals surface area contributed by atoms with Crippen molar-refractivity contribution in [3.63, 3.8) is 0 Å². The number of rotatable bonds is 2. The van der Waals surface area contributed by atoms with Gasteiger partial charge in [0, 0.05) is 0 Å². The monoisotopic (exact) mass is 253 g/mol. The summed E-state index contributed by atoms with van der Waals surface area (Å²) < 4.78 is 31.8. The van der Waals surface area contributed by atoms with Gasteiger partial charge in [-0.2, -0.15) is 4.98 Å². The predicted octanol–water partition coefficient (Wildman–Crippen LogP) is 2.10. The highest BCUT2D eigenvalue weighted by Crippen LogP contribution is 2.19. The summed E-state index contributed by atoms with van der Waals surface area (Å²) >= 11 is 0. The number of carbonyl (C=O) groups is 1. The summed E-state index contributed by atoms with van der Waals surface area (Å²) in [4.78, 5) is 15.5. The Morgan fingerprint density at radius 3 is 2.78 bits per heavy atom. The molecule has 18 heavy (non-hydrogen) atoms. The van der Waals surface area contributed by atoms with Crippen LogP contribution in [0.3, 0.4) is 0 Å². The summed E-state index contributed by atoms with van der Waals surface area (Å²) in [7, 11) is 0. The smallest absolute Gasteiger partial charge is 0.301 e. The van der Waals surface area contributed by atoms with Crippen LogP contribution in [-0.2, 0) is 0 Å². The van der Waals surface area contributed by atoms with E-state index < -0.39 is 23.1 Å². The van der Waals surface area contributed by atoms with Crippen LogP contribution >= 0.6 is 0 Å². The first-order valence-corrected chi connectivity index (χ1v) is 4.96. The number of halogens is 2. The van der Waals surface area contributed by atoms with Crippen LogP contribution in [0.5, 0.6) is 0 Å². The normalized spacial score (nSPS) is 10.4. The summed E-state index contributed by atoms with van der Waals surface area (Å²) in [5.74, 6) is -3.14. The first-order valence-electron chi connectivity index (χ1n) is 4.96. The molecule has 0 unspecified atom stereocenters. The van der Waals surface area contributed by atoms with Gasteiger partial charge in [-0.1, -0.05) is 0 Å². The summed E-state index contributed by atoms with van der Waals surface area (Å²) in [5, 5.41) is 2.14. The number of anilines is 2. The lowest BCUT2D eigenvalue weighted by atomic mass is 10.1. The number of hydrogen-bond acceptors (Lipinski definition) is 4. The fourth-order valence-corrected chi connectivity index (χ4v) is 1.35. The van der Waals surface area contributed by atoms with Gasteiger partial charge in [-0.05, 0) is 19.1 Å². The number of hydrogen-bond donors (Lipinski definition) is 2. The van der Waals surface area contributed by atoms with Gasteiger partial charge in [0.25, 0.3) is 5.91 Å². The van der Waals surface area contributed by atoms with Crippen LogP contribution in [0, 0.1) is 18.6 Å². The van der Waals surface area contributed by atoms with Gasteiger partial charge in [0.15, 0.2) is 5.82 Å². The van der Waals surface area contributed by atoms with Gasteiger partial charge in [0.2, 0.25) is 0 Å². The number of nitrogens with zero attached hydrogens (tertiary/aromatic N) is 1. The summed E-state index contributed by atoms with van der Waals surface area (Å²) in [5.41, 5.74) is 4.70. The van der Waals surface area contributed by atoms with Crippen molar-refractivity contribution in [3.05, 3.63) is 41.3 Å². The summed E-state index contributed by atoms with van der Waals surface area (Å²) in [6, 6.07) is 1.81. The SMILES string of the molecule is Cc1coc(NC(=O)c2c(F)ccc(N)c2F)n1. The van der Waals surface area contributed by atoms with Gasteiger partial charge >= 0.3 is 6.01 Å². The van der Waals surface area contributed by atoms with Crippen molar-refractivity contribution < 1.29 is 18.0 Å². The van der Waals surface area contributed by atoms with Crippen LogP contribution in [0.1, 0.15) is 16.1 Å². The quantitative estimate of drug-likeness (QED) is 0.803. The lowest BCUT2D eigenvalue weighted by Gasteiger charge is -2.05. The van der Waals surface area contributed by atoms with E-state index >= 15 is 0 Å². The molecule has 0 spiro atoms. The third-order valence-corrected chi connectivity index (χ3v) is 2.19. The molecule has 0 saturated heterocycles. The third kappa shape index (κ3) is 2.15.